The summed E-state index contributed by atoms with van der Waals surface area (Å²) in [5, 5.41) is 18.6. The Morgan fingerprint density at radius 3 is 1.88 bits per heavy atom. The number of hydrogen-bond acceptors (Lipinski definition) is 7. The van der Waals surface area contributed by atoms with E-state index >= 15 is 0 Å². The lowest BCUT2D eigenvalue weighted by molar-refractivity contribution is -0.305. The Bertz CT molecular complexity index is 1420. The third kappa shape index (κ3) is 9.09. The molecule has 0 atom stereocenters. The van der Waals surface area contributed by atoms with Gasteiger partial charge in [-0.1, -0.05) is 84.9 Å². The van der Waals surface area contributed by atoms with Gasteiger partial charge in [-0.15, -0.1) is 0 Å². The molecule has 0 aliphatic heterocycles. The average Bonchev–Trinajstić information content (AvgIpc) is 2.98. The fourth-order valence-corrected chi connectivity index (χ4v) is 4.38. The van der Waals surface area contributed by atoms with Gasteiger partial charge in [0.25, 0.3) is 0 Å². The van der Waals surface area contributed by atoms with Crippen LogP contribution in [0.3, 0.4) is 0 Å². The number of carboxylic acids is 1. The molecule has 0 amide bonds. The molecule has 0 radical (unpaired) electrons. The van der Waals surface area contributed by atoms with Gasteiger partial charge in [0.2, 0.25) is 0 Å². The number of rotatable bonds is 15. The van der Waals surface area contributed by atoms with Crippen molar-refractivity contribution in [2.75, 3.05) is 13.2 Å². The van der Waals surface area contributed by atoms with Crippen molar-refractivity contribution in [3.8, 4) is 0 Å². The number of carbonyl (C=O) groups is 2. The van der Waals surface area contributed by atoms with Crippen LogP contribution in [-0.2, 0) is 45.5 Å². The van der Waals surface area contributed by atoms with Crippen LogP contribution >= 0.6 is 0 Å². The highest BCUT2D eigenvalue weighted by Gasteiger charge is 2.18. The Labute approximate surface area is 238 Å². The van der Waals surface area contributed by atoms with E-state index in [1.165, 1.54) is 17.7 Å². The van der Waals surface area contributed by atoms with Crippen LogP contribution in [0.5, 0.6) is 0 Å². The fraction of sp³-hybridized carbons (Fsp3) is 0.212. The minimum absolute atomic E-state index is 0.000762. The zero-order valence-corrected chi connectivity index (χ0v) is 22.5. The first kappa shape index (κ1) is 29.6. The Balaban J connectivity index is 1.21. The molecular formula is C33H32O8. The lowest BCUT2D eigenvalue weighted by Crippen LogP contribution is -2.14. The van der Waals surface area contributed by atoms with Gasteiger partial charge in [-0.3, -0.25) is 5.26 Å². The quantitative estimate of drug-likeness (QED) is 0.0765. The molecule has 212 valence electrons. The molecule has 0 aromatic heterocycles. The van der Waals surface area contributed by atoms with E-state index in [2.05, 4.69) is 17.0 Å². The maximum Gasteiger partial charge on any atom is 0.339 e. The minimum atomic E-state index is -1.19. The molecule has 4 rings (SSSR count). The molecule has 2 N–H and O–H groups in total. The summed E-state index contributed by atoms with van der Waals surface area (Å²) in [5.41, 5.74) is 5.57. The van der Waals surface area contributed by atoms with E-state index in [4.69, 9.17) is 19.8 Å². The number of esters is 1. The van der Waals surface area contributed by atoms with Gasteiger partial charge in [-0.05, 0) is 58.4 Å². The van der Waals surface area contributed by atoms with Gasteiger partial charge in [0.05, 0.1) is 24.3 Å². The van der Waals surface area contributed by atoms with Crippen LogP contribution in [0.2, 0.25) is 0 Å². The fourth-order valence-electron chi connectivity index (χ4n) is 4.38. The molecule has 0 fully saturated rings. The smallest absolute Gasteiger partial charge is 0.339 e. The van der Waals surface area contributed by atoms with Crippen molar-refractivity contribution >= 4 is 11.9 Å². The first-order chi connectivity index (χ1) is 20.0. The molecule has 0 aliphatic rings. The largest absolute Gasteiger partial charge is 0.478 e. The summed E-state index contributed by atoms with van der Waals surface area (Å²) in [5.74, 6) is -1.90. The average molecular weight is 557 g/mol. The molecule has 41 heavy (non-hydrogen) atoms. The van der Waals surface area contributed by atoms with Crippen LogP contribution in [0.1, 0.15) is 60.5 Å². The van der Waals surface area contributed by atoms with Gasteiger partial charge < -0.3 is 9.84 Å². The van der Waals surface area contributed by atoms with Gasteiger partial charge in [0.15, 0.2) is 0 Å². The van der Waals surface area contributed by atoms with E-state index in [9.17, 15) is 14.7 Å². The van der Waals surface area contributed by atoms with Crippen LogP contribution < -0.4 is 0 Å². The third-order valence-electron chi connectivity index (χ3n) is 6.43. The van der Waals surface area contributed by atoms with E-state index in [0.29, 0.717) is 12.8 Å². The predicted octanol–water partition coefficient (Wildman–Crippen LogP) is 6.25. The zero-order valence-electron chi connectivity index (χ0n) is 22.5. The highest BCUT2D eigenvalue weighted by molar-refractivity contribution is 6.02. The van der Waals surface area contributed by atoms with Crippen molar-refractivity contribution in [1.82, 2.24) is 0 Å². The normalized spacial score (nSPS) is 10.9. The highest BCUT2D eigenvalue weighted by Crippen LogP contribution is 2.19. The van der Waals surface area contributed by atoms with Gasteiger partial charge in [0.1, 0.15) is 13.2 Å². The number of benzene rings is 4. The minimum Gasteiger partial charge on any atom is -0.478 e. The number of aromatic carboxylic acids is 1. The molecule has 0 bridgehead atoms. The van der Waals surface area contributed by atoms with Crippen molar-refractivity contribution in [3.63, 3.8) is 0 Å². The molecule has 4 aromatic rings. The maximum atomic E-state index is 12.6. The van der Waals surface area contributed by atoms with Crippen molar-refractivity contribution in [1.29, 1.82) is 0 Å². The maximum absolute atomic E-state index is 12.6. The van der Waals surface area contributed by atoms with E-state index < -0.39 is 11.9 Å². The zero-order chi connectivity index (χ0) is 28.9. The van der Waals surface area contributed by atoms with E-state index in [1.807, 2.05) is 66.7 Å². The van der Waals surface area contributed by atoms with E-state index in [0.717, 1.165) is 34.2 Å². The topological polar surface area (TPSA) is 112 Å². The molecule has 0 aliphatic carbocycles. The second-order valence-electron chi connectivity index (χ2n) is 9.46. The summed E-state index contributed by atoms with van der Waals surface area (Å²) in [6, 6.07) is 30.3. The lowest BCUT2D eigenvalue weighted by Gasteiger charge is -2.12. The Morgan fingerprint density at radius 2 is 1.24 bits per heavy atom. The van der Waals surface area contributed by atoms with Crippen LogP contribution in [0.25, 0.3) is 0 Å². The standard InChI is InChI=1S/C33H32O8/c34-32(35)31-21-27(19-25-10-5-2-6-11-25)13-15-30(31)33(36)38-16-7-17-40-41-23-28-14-12-26(20-29(28)22-39-37)18-24-8-3-1-4-9-24/h1-6,8-15,20-21,37H,7,16-19,22-23H2,(H,34,35). The van der Waals surface area contributed by atoms with Crippen LogP contribution in [0.4, 0.5) is 0 Å². The summed E-state index contributed by atoms with van der Waals surface area (Å²) in [4.78, 5) is 39.3. The molecule has 8 nitrogen and oxygen atoms in total. The Kier molecular flexibility index (Phi) is 11.2. The van der Waals surface area contributed by atoms with Crippen molar-refractivity contribution in [2.24, 2.45) is 0 Å². The summed E-state index contributed by atoms with van der Waals surface area (Å²) < 4.78 is 5.27. The molecule has 0 saturated carbocycles. The first-order valence-corrected chi connectivity index (χ1v) is 13.3. The number of carboxylic acid groups (broad SMARTS) is 1. The summed E-state index contributed by atoms with van der Waals surface area (Å²) in [6.45, 7) is 0.349. The van der Waals surface area contributed by atoms with Gasteiger partial charge in [-0.25, -0.2) is 24.3 Å². The third-order valence-corrected chi connectivity index (χ3v) is 6.43. The Morgan fingerprint density at radius 1 is 0.610 bits per heavy atom. The molecule has 0 heterocycles. The Hall–Kier alpha value is -4.34. The van der Waals surface area contributed by atoms with Crippen molar-refractivity contribution in [2.45, 2.75) is 32.5 Å². The van der Waals surface area contributed by atoms with E-state index in [1.54, 1.807) is 6.07 Å². The van der Waals surface area contributed by atoms with Crippen LogP contribution in [0, 0.1) is 0 Å². The monoisotopic (exact) mass is 556 g/mol. The molecular weight excluding hydrogens is 524 g/mol. The second kappa shape index (κ2) is 15.4. The summed E-state index contributed by atoms with van der Waals surface area (Å²) in [7, 11) is 0. The lowest BCUT2D eigenvalue weighted by atomic mass is 9.99. The number of hydrogen-bond donors (Lipinski definition) is 2. The second-order valence-corrected chi connectivity index (χ2v) is 9.46. The van der Waals surface area contributed by atoms with Crippen molar-refractivity contribution in [3.05, 3.63) is 142 Å². The molecule has 4 aromatic carbocycles. The molecule has 0 spiro atoms. The van der Waals surface area contributed by atoms with Crippen molar-refractivity contribution < 1.29 is 39.4 Å². The number of carbonyl (C=O) groups excluding carboxylic acids is 1. The molecule has 8 heteroatoms. The SMILES string of the molecule is O=C(O)c1cc(Cc2ccccc2)ccc1C(=O)OCCCOOCc1ccc(Cc2ccccc2)cc1COO. The predicted molar refractivity (Wildman–Crippen MR) is 151 cm³/mol. The van der Waals surface area contributed by atoms with Crippen LogP contribution in [0.15, 0.2) is 97.1 Å². The van der Waals surface area contributed by atoms with E-state index in [-0.39, 0.29) is 37.6 Å². The summed E-state index contributed by atoms with van der Waals surface area (Å²) in [6.07, 6.45) is 1.66. The van der Waals surface area contributed by atoms with Crippen LogP contribution in [-0.4, -0.2) is 35.5 Å². The molecule has 0 saturated heterocycles. The summed E-state index contributed by atoms with van der Waals surface area (Å²) >= 11 is 0. The highest BCUT2D eigenvalue weighted by atomic mass is 17.2. The molecule has 0 unspecified atom stereocenters. The number of ether oxygens (including phenoxy) is 1. The van der Waals surface area contributed by atoms with Gasteiger partial charge in [0, 0.05) is 6.42 Å². The first-order valence-electron chi connectivity index (χ1n) is 13.3. The van der Waals surface area contributed by atoms with Gasteiger partial charge >= 0.3 is 11.9 Å². The van der Waals surface area contributed by atoms with Gasteiger partial charge in [-0.2, -0.15) is 0 Å².